The molecule has 0 atom stereocenters. The zero-order chi connectivity index (χ0) is 45.3. The third kappa shape index (κ3) is 18.0. The van der Waals surface area contributed by atoms with Crippen LogP contribution in [0.1, 0.15) is 315 Å². The van der Waals surface area contributed by atoms with E-state index < -0.39 is 0 Å². The first-order chi connectivity index (χ1) is 33.1. The monoisotopic (exact) mass is 921 g/mol. The Morgan fingerprint density at radius 3 is 0.701 bits per heavy atom. The molecule has 0 amide bonds. The average molecular weight is 922 g/mol. The molecular weight excluding hydrogens is 805 g/mol. The molecule has 18 fully saturated rings. The molecule has 0 heteroatoms. The lowest BCUT2D eigenvalue weighted by atomic mass is 9.56. The Bertz CT molecular complexity index is 1130. The van der Waals surface area contributed by atoms with Crippen molar-refractivity contribution in [3.05, 3.63) is 12.2 Å². The molecule has 0 aromatic heterocycles. The Morgan fingerprint density at radius 1 is 0.179 bits per heavy atom. The first kappa shape index (κ1) is 51.6. The summed E-state index contributed by atoms with van der Waals surface area (Å²) in [7, 11) is 0. The van der Waals surface area contributed by atoms with Crippen LogP contribution in [0.4, 0.5) is 0 Å². The van der Waals surface area contributed by atoms with E-state index in [-0.39, 0.29) is 0 Å². The van der Waals surface area contributed by atoms with Crippen molar-refractivity contribution >= 4 is 0 Å². The van der Waals surface area contributed by atoms with Crippen LogP contribution in [0.5, 0.6) is 0 Å². The Labute approximate surface area is 419 Å². The van der Waals surface area contributed by atoms with Crippen LogP contribution in [0.25, 0.3) is 0 Å². The third-order valence-corrected chi connectivity index (χ3v) is 23.0. The maximum absolute atomic E-state index is 2.48. The van der Waals surface area contributed by atoms with E-state index in [1.807, 2.05) is 0 Å². The SMILES string of the molecule is C1=CC2CCCC(C1)CCC2.C1C2CC3CC1CC(C2)C3.C1CC1.C1CC2CCC1C2.C1CC2CCC1C2.C1CC2CCC1CC2.C1CC2CCCC(C1)CCC2.C1CCC2CCCCC2C1. The summed E-state index contributed by atoms with van der Waals surface area (Å²) in [5, 5.41) is 0. The molecule has 67 heavy (non-hydrogen) atoms. The van der Waals surface area contributed by atoms with Crippen molar-refractivity contribution in [1.82, 2.24) is 0 Å². The van der Waals surface area contributed by atoms with Gasteiger partial charge in [-0.25, -0.2) is 0 Å². The minimum Gasteiger partial charge on any atom is -0.0880 e. The lowest BCUT2D eigenvalue weighted by Crippen LogP contribution is -2.38. The zero-order valence-corrected chi connectivity index (χ0v) is 45.0. The summed E-state index contributed by atoms with van der Waals surface area (Å²) in [5.74, 6) is 18.2. The summed E-state index contributed by atoms with van der Waals surface area (Å²) < 4.78 is 0. The molecule has 0 unspecified atom stereocenters. The Balaban J connectivity index is 0.0000000974. The van der Waals surface area contributed by atoms with Crippen LogP contribution in [-0.4, -0.2) is 0 Å². The Morgan fingerprint density at radius 2 is 0.433 bits per heavy atom. The number of hydrogen-bond acceptors (Lipinski definition) is 0. The fourth-order valence-electron chi connectivity index (χ4n) is 18.9. The quantitative estimate of drug-likeness (QED) is 0.212. The van der Waals surface area contributed by atoms with Gasteiger partial charge in [-0.3, -0.25) is 0 Å². The molecule has 0 aliphatic heterocycles. The van der Waals surface area contributed by atoms with Crippen molar-refractivity contribution < 1.29 is 0 Å². The second kappa shape index (κ2) is 28.3. The van der Waals surface area contributed by atoms with E-state index in [4.69, 9.17) is 0 Å². The van der Waals surface area contributed by atoms with Gasteiger partial charge in [0.2, 0.25) is 0 Å². The number of fused-ring (bicyclic) bond motifs is 19. The highest BCUT2D eigenvalue weighted by Gasteiger charge is 2.42. The highest BCUT2D eigenvalue weighted by atomic mass is 14.5. The maximum atomic E-state index is 2.48. The molecule has 18 saturated carbocycles. The van der Waals surface area contributed by atoms with Crippen molar-refractivity contribution in [2.24, 2.45) is 94.7 Å². The fraction of sp³-hybridized carbons (Fsp3) is 0.970. The van der Waals surface area contributed by atoms with Crippen LogP contribution in [0.3, 0.4) is 0 Å². The highest BCUT2D eigenvalue weighted by Crippen LogP contribution is 2.53. The largest absolute Gasteiger partial charge is 0.0880 e. The van der Waals surface area contributed by atoms with E-state index in [9.17, 15) is 0 Å². The smallest absolute Gasteiger partial charge is 0.0234 e. The summed E-state index contributed by atoms with van der Waals surface area (Å²) >= 11 is 0. The number of allylic oxidation sites excluding steroid dienone is 2. The van der Waals surface area contributed by atoms with Crippen LogP contribution in [0.15, 0.2) is 12.2 Å². The topological polar surface area (TPSA) is 0 Å². The molecular formula is C67H116. The van der Waals surface area contributed by atoms with Gasteiger partial charge in [0.1, 0.15) is 0 Å². The second-order valence-electron chi connectivity index (χ2n) is 28.4. The third-order valence-electron chi connectivity index (χ3n) is 23.0. The van der Waals surface area contributed by atoms with E-state index in [1.165, 1.54) is 156 Å². The minimum atomic E-state index is 0.941. The molecule has 0 radical (unpaired) electrons. The molecule has 20 rings (SSSR count). The van der Waals surface area contributed by atoms with Gasteiger partial charge in [0.15, 0.2) is 0 Å². The summed E-state index contributed by atoms with van der Waals surface area (Å²) in [6.45, 7) is 0. The van der Waals surface area contributed by atoms with Gasteiger partial charge in [-0.2, -0.15) is 0 Å². The van der Waals surface area contributed by atoms with Gasteiger partial charge in [-0.15, -0.1) is 0 Å². The normalized spacial score (nSPS) is 43.8. The van der Waals surface area contributed by atoms with Crippen LogP contribution in [0, 0.1) is 94.7 Å². The van der Waals surface area contributed by atoms with Crippen molar-refractivity contribution in [1.29, 1.82) is 0 Å². The lowest BCUT2D eigenvalue weighted by Gasteiger charge is -2.49. The zero-order valence-electron chi connectivity index (χ0n) is 45.0. The molecule has 0 saturated heterocycles. The first-order valence-electron chi connectivity index (χ1n) is 32.8. The second-order valence-corrected chi connectivity index (χ2v) is 28.4. The van der Waals surface area contributed by atoms with E-state index in [0.29, 0.717) is 0 Å². The maximum Gasteiger partial charge on any atom is -0.0234 e. The molecule has 0 nitrogen and oxygen atoms in total. The van der Waals surface area contributed by atoms with Gasteiger partial charge in [-0.05, 0) is 165 Å². The van der Waals surface area contributed by atoms with Gasteiger partial charge < -0.3 is 0 Å². The van der Waals surface area contributed by atoms with E-state index in [2.05, 4.69) is 12.2 Å². The Hall–Kier alpha value is -0.260. The van der Waals surface area contributed by atoms with E-state index in [1.54, 1.807) is 205 Å². The van der Waals surface area contributed by atoms with Crippen LogP contribution < -0.4 is 0 Å². The molecule has 0 heterocycles. The van der Waals surface area contributed by atoms with Gasteiger partial charge >= 0.3 is 0 Å². The molecule has 384 valence electrons. The lowest BCUT2D eigenvalue weighted by molar-refractivity contribution is 0.0198. The molecule has 20 aliphatic rings. The van der Waals surface area contributed by atoms with E-state index in [0.717, 1.165) is 47.3 Å². The van der Waals surface area contributed by atoms with Crippen molar-refractivity contribution in [2.75, 3.05) is 0 Å². The van der Waals surface area contributed by atoms with Crippen LogP contribution in [-0.2, 0) is 0 Å². The molecule has 14 bridgehead atoms. The van der Waals surface area contributed by atoms with Crippen molar-refractivity contribution in [3.8, 4) is 0 Å². The summed E-state index contributed by atoms with van der Waals surface area (Å²) in [4.78, 5) is 0. The standard InChI is InChI=1S/C11H20.C11H18.C10H16.C10H18.C8H14.2C7H12.C3H6/c2*1-4-10-6-2-7-11(5-1)9-3-8-10;1-7-2-9-4-8(1)5-10(3-7)6-9;1-2-6-10-8-4-3-7-9(10)5-1;1-2-8-5-3-7(1)4-6-8;2*1-2-7-4-3-6(1)5-7;1-2-3-1/h10-11H,1-9H2;1,4,10-11H,2-3,5-9H2;7-10H,1-6H2;9-10H,1-8H2;7-8H,1-6H2;2*6-7H,1-5H2;1-3H2. The number of rotatable bonds is 0. The minimum absolute atomic E-state index is 0.941. The molecule has 0 spiro atoms. The van der Waals surface area contributed by atoms with Gasteiger partial charge in [0.25, 0.3) is 0 Å². The molecule has 0 aromatic carbocycles. The van der Waals surface area contributed by atoms with Crippen molar-refractivity contribution in [3.63, 3.8) is 0 Å². The van der Waals surface area contributed by atoms with Crippen molar-refractivity contribution in [2.45, 2.75) is 315 Å². The number of hydrogen-bond donors (Lipinski definition) is 0. The van der Waals surface area contributed by atoms with E-state index >= 15 is 0 Å². The summed E-state index contributed by atoms with van der Waals surface area (Å²) in [5.41, 5.74) is 0. The molecule has 20 aliphatic carbocycles. The Kier molecular flexibility index (Phi) is 21.8. The van der Waals surface area contributed by atoms with Crippen LogP contribution in [0.2, 0.25) is 0 Å². The van der Waals surface area contributed by atoms with Gasteiger partial charge in [0, 0.05) is 0 Å². The molecule has 0 N–H and O–H groups in total. The molecule has 0 aromatic rings. The fourth-order valence-corrected chi connectivity index (χ4v) is 18.9. The van der Waals surface area contributed by atoms with Crippen LogP contribution >= 0.6 is 0 Å². The summed E-state index contributed by atoms with van der Waals surface area (Å²) in [6.07, 6.45) is 80.6. The average Bonchev–Trinajstić information content (AvgIpc) is 3.62. The summed E-state index contributed by atoms with van der Waals surface area (Å²) in [6, 6.07) is 0. The predicted molar refractivity (Wildman–Crippen MR) is 291 cm³/mol. The first-order valence-corrected chi connectivity index (χ1v) is 32.8. The van der Waals surface area contributed by atoms with Gasteiger partial charge in [0.05, 0.1) is 0 Å². The van der Waals surface area contributed by atoms with Gasteiger partial charge in [-0.1, -0.05) is 256 Å². The highest BCUT2D eigenvalue weighted by molar-refractivity contribution is 4.95. The predicted octanol–water partition coefficient (Wildman–Crippen LogP) is 21.6.